The molecule has 0 saturated heterocycles. The molecule has 0 fully saturated rings. The number of hydrazine groups is 1. The molecule has 0 aromatic heterocycles. The fourth-order valence-corrected chi connectivity index (χ4v) is 4.52. The summed E-state index contributed by atoms with van der Waals surface area (Å²) in [7, 11) is 3.67. The van der Waals surface area contributed by atoms with Gasteiger partial charge in [-0.2, -0.15) is 5.26 Å². The lowest BCUT2D eigenvalue weighted by Gasteiger charge is -2.43. The number of allylic oxidation sites excluding steroid dienone is 3. The van der Waals surface area contributed by atoms with E-state index in [-0.39, 0.29) is 17.5 Å². The van der Waals surface area contributed by atoms with Crippen LogP contribution in [0, 0.1) is 17.1 Å². The fourth-order valence-electron chi connectivity index (χ4n) is 4.52. The van der Waals surface area contributed by atoms with Gasteiger partial charge in [-0.05, 0) is 35.6 Å². The molecule has 2 N–H and O–H groups in total. The van der Waals surface area contributed by atoms with Crippen molar-refractivity contribution in [3.05, 3.63) is 94.2 Å². The molecule has 6 heteroatoms. The van der Waals surface area contributed by atoms with Crippen LogP contribution in [0.5, 0.6) is 0 Å². The normalized spacial score (nSPS) is 21.7. The molecule has 0 spiro atoms. The molecule has 0 saturated carbocycles. The standard InChI is InChI=1S/C24H23FN4O/c1-28(2)29-20-12-17(15-6-4-3-5-7-15)13-21(30)23(20)22(19(14-26)24(29)27)16-8-10-18(25)11-9-16/h3-11,17,22H,12-13,27H2,1-2H3/t17-,22-/m0/s1. The second-order valence-corrected chi connectivity index (χ2v) is 7.85. The summed E-state index contributed by atoms with van der Waals surface area (Å²) in [4.78, 5) is 13.4. The van der Waals surface area contributed by atoms with Crippen LogP contribution in [0.3, 0.4) is 0 Å². The van der Waals surface area contributed by atoms with Gasteiger partial charge in [0.15, 0.2) is 5.78 Å². The van der Waals surface area contributed by atoms with Gasteiger partial charge in [0.05, 0.1) is 17.6 Å². The first-order chi connectivity index (χ1) is 14.4. The van der Waals surface area contributed by atoms with Crippen molar-refractivity contribution in [3.8, 4) is 6.07 Å². The molecule has 0 radical (unpaired) electrons. The summed E-state index contributed by atoms with van der Waals surface area (Å²) in [5, 5.41) is 13.5. The maximum atomic E-state index is 13.5. The van der Waals surface area contributed by atoms with E-state index in [1.165, 1.54) is 12.1 Å². The Labute approximate surface area is 175 Å². The molecule has 2 aromatic rings. The molecule has 2 atom stereocenters. The SMILES string of the molecule is CN(C)N1C(N)=C(C#N)[C@H](c2ccc(F)cc2)C2=C1C[C@H](c1ccccc1)CC2=O. The van der Waals surface area contributed by atoms with Gasteiger partial charge in [-0.1, -0.05) is 42.5 Å². The summed E-state index contributed by atoms with van der Waals surface area (Å²) < 4.78 is 13.5. The van der Waals surface area contributed by atoms with E-state index in [1.807, 2.05) is 44.4 Å². The van der Waals surface area contributed by atoms with Crippen molar-refractivity contribution in [1.82, 2.24) is 10.0 Å². The summed E-state index contributed by atoms with van der Waals surface area (Å²) in [6, 6.07) is 18.1. The maximum absolute atomic E-state index is 13.5. The Hall–Kier alpha value is -3.43. The van der Waals surface area contributed by atoms with E-state index >= 15 is 0 Å². The van der Waals surface area contributed by atoms with Gasteiger partial charge in [0, 0.05) is 31.8 Å². The highest BCUT2D eigenvalue weighted by Gasteiger charge is 2.43. The molecule has 30 heavy (non-hydrogen) atoms. The minimum atomic E-state index is -0.592. The first kappa shape index (κ1) is 19.9. The van der Waals surface area contributed by atoms with Crippen molar-refractivity contribution in [2.24, 2.45) is 5.73 Å². The molecule has 1 aliphatic heterocycles. The Kier molecular flexibility index (Phi) is 5.15. The third kappa shape index (κ3) is 3.27. The van der Waals surface area contributed by atoms with Crippen molar-refractivity contribution in [2.45, 2.75) is 24.7 Å². The second kappa shape index (κ2) is 7.77. The van der Waals surface area contributed by atoms with E-state index in [0.717, 1.165) is 11.3 Å². The van der Waals surface area contributed by atoms with Crippen molar-refractivity contribution < 1.29 is 9.18 Å². The first-order valence-corrected chi connectivity index (χ1v) is 9.86. The highest BCUT2D eigenvalue weighted by Crippen LogP contribution is 2.47. The van der Waals surface area contributed by atoms with Crippen LogP contribution < -0.4 is 5.73 Å². The summed E-state index contributed by atoms with van der Waals surface area (Å²) in [5.41, 5.74) is 9.92. The largest absolute Gasteiger partial charge is 0.383 e. The van der Waals surface area contributed by atoms with Gasteiger partial charge in [-0.15, -0.1) is 0 Å². The predicted molar refractivity (Wildman–Crippen MR) is 112 cm³/mol. The zero-order chi connectivity index (χ0) is 21.4. The molecular weight excluding hydrogens is 379 g/mol. The summed E-state index contributed by atoms with van der Waals surface area (Å²) >= 11 is 0. The minimum Gasteiger partial charge on any atom is -0.383 e. The molecule has 1 heterocycles. The van der Waals surface area contributed by atoms with Crippen LogP contribution >= 0.6 is 0 Å². The number of carbonyl (C=O) groups excluding carboxylic acids is 1. The number of Topliss-reactive ketones (excluding diaryl/α,β-unsaturated/α-hetero) is 1. The van der Waals surface area contributed by atoms with Gasteiger partial charge in [-0.25, -0.2) is 9.40 Å². The zero-order valence-corrected chi connectivity index (χ0v) is 17.0. The number of carbonyl (C=O) groups is 1. The fraction of sp³-hybridized carbons (Fsp3) is 0.250. The van der Waals surface area contributed by atoms with Gasteiger partial charge in [0.2, 0.25) is 0 Å². The van der Waals surface area contributed by atoms with Crippen molar-refractivity contribution in [1.29, 1.82) is 5.26 Å². The lowest BCUT2D eigenvalue weighted by molar-refractivity contribution is -0.117. The number of hydrogen-bond donors (Lipinski definition) is 1. The Morgan fingerprint density at radius 2 is 1.73 bits per heavy atom. The van der Waals surface area contributed by atoms with Gasteiger partial charge in [-0.3, -0.25) is 9.80 Å². The Balaban J connectivity index is 1.89. The zero-order valence-electron chi connectivity index (χ0n) is 17.0. The quantitative estimate of drug-likeness (QED) is 0.846. The topological polar surface area (TPSA) is 73.4 Å². The third-order valence-corrected chi connectivity index (χ3v) is 5.81. The number of ketones is 1. The molecule has 2 aromatic carbocycles. The summed E-state index contributed by atoms with van der Waals surface area (Å²) in [5.74, 6) is -0.631. The Morgan fingerprint density at radius 3 is 2.33 bits per heavy atom. The van der Waals surface area contributed by atoms with Gasteiger partial charge < -0.3 is 5.73 Å². The highest BCUT2D eigenvalue weighted by atomic mass is 19.1. The molecule has 4 rings (SSSR count). The monoisotopic (exact) mass is 402 g/mol. The summed E-state index contributed by atoms with van der Waals surface area (Å²) in [6.07, 6.45) is 0.987. The van der Waals surface area contributed by atoms with Crippen LogP contribution in [0.25, 0.3) is 0 Å². The first-order valence-electron chi connectivity index (χ1n) is 9.86. The van der Waals surface area contributed by atoms with E-state index < -0.39 is 5.92 Å². The number of halogens is 1. The molecular formula is C24H23FN4O. The molecule has 5 nitrogen and oxygen atoms in total. The molecule has 2 aliphatic rings. The average molecular weight is 402 g/mol. The van der Waals surface area contributed by atoms with E-state index in [0.29, 0.717) is 35.4 Å². The number of benzene rings is 2. The molecule has 1 aliphatic carbocycles. The van der Waals surface area contributed by atoms with Crippen LogP contribution in [0.2, 0.25) is 0 Å². The van der Waals surface area contributed by atoms with Crippen LogP contribution in [-0.2, 0) is 4.79 Å². The number of nitrogens with zero attached hydrogens (tertiary/aromatic N) is 3. The predicted octanol–water partition coefficient (Wildman–Crippen LogP) is 3.80. The van der Waals surface area contributed by atoms with E-state index in [2.05, 4.69) is 6.07 Å². The van der Waals surface area contributed by atoms with Gasteiger partial charge >= 0.3 is 0 Å². The Morgan fingerprint density at radius 1 is 1.07 bits per heavy atom. The molecule has 0 unspecified atom stereocenters. The second-order valence-electron chi connectivity index (χ2n) is 7.85. The lowest BCUT2D eigenvalue weighted by atomic mass is 9.72. The van der Waals surface area contributed by atoms with Crippen LogP contribution in [-0.4, -0.2) is 29.9 Å². The maximum Gasteiger partial charge on any atom is 0.162 e. The highest BCUT2D eigenvalue weighted by molar-refractivity contribution is 6.00. The van der Waals surface area contributed by atoms with Crippen LogP contribution in [0.4, 0.5) is 4.39 Å². The molecule has 0 bridgehead atoms. The molecule has 152 valence electrons. The smallest absolute Gasteiger partial charge is 0.162 e. The number of rotatable bonds is 3. The number of nitrogens with two attached hydrogens (primary N) is 1. The van der Waals surface area contributed by atoms with E-state index in [9.17, 15) is 14.4 Å². The van der Waals surface area contributed by atoms with E-state index in [1.54, 1.807) is 22.2 Å². The number of hydrogen-bond acceptors (Lipinski definition) is 5. The average Bonchev–Trinajstić information content (AvgIpc) is 2.73. The van der Waals surface area contributed by atoms with Gasteiger partial charge in [0.25, 0.3) is 0 Å². The van der Waals surface area contributed by atoms with Crippen LogP contribution in [0.15, 0.2) is 77.3 Å². The third-order valence-electron chi connectivity index (χ3n) is 5.81. The van der Waals surface area contributed by atoms with Crippen molar-refractivity contribution in [3.63, 3.8) is 0 Å². The minimum absolute atomic E-state index is 0.00784. The number of nitriles is 1. The van der Waals surface area contributed by atoms with Gasteiger partial charge in [0.1, 0.15) is 11.6 Å². The van der Waals surface area contributed by atoms with Crippen molar-refractivity contribution in [2.75, 3.05) is 14.1 Å². The van der Waals surface area contributed by atoms with Crippen molar-refractivity contribution >= 4 is 5.78 Å². The lowest BCUT2D eigenvalue weighted by Crippen LogP contribution is -2.46. The van der Waals surface area contributed by atoms with Crippen LogP contribution in [0.1, 0.15) is 35.8 Å². The molecule has 0 amide bonds. The van der Waals surface area contributed by atoms with E-state index in [4.69, 9.17) is 5.73 Å². The Bertz CT molecular complexity index is 1080. The summed E-state index contributed by atoms with van der Waals surface area (Å²) in [6.45, 7) is 0.